The molecule has 4 aromatic carbocycles. The Bertz CT molecular complexity index is 1450. The minimum absolute atomic E-state index is 0.152. The molecule has 0 amide bonds. The summed E-state index contributed by atoms with van der Waals surface area (Å²) in [5, 5.41) is 25.3. The van der Waals surface area contributed by atoms with Gasteiger partial charge in [-0.05, 0) is 60.7 Å². The van der Waals surface area contributed by atoms with Crippen LogP contribution in [0.5, 0.6) is 11.5 Å². The Balaban J connectivity index is 0.000000211. The van der Waals surface area contributed by atoms with Crippen LogP contribution >= 0.6 is 0 Å². The lowest BCUT2D eigenvalue weighted by atomic mass is 10.2. The highest BCUT2D eigenvalue weighted by Crippen LogP contribution is 2.20. The van der Waals surface area contributed by atoms with Gasteiger partial charge in [0.2, 0.25) is 0 Å². The van der Waals surface area contributed by atoms with Gasteiger partial charge >= 0.3 is 0 Å². The minimum Gasteiger partial charge on any atom is -0.508 e. The topological polar surface area (TPSA) is 173 Å². The number of rotatable bonds is 8. The molecule has 0 aliphatic rings. The molecular formula is C26H26N2O8S2. The van der Waals surface area contributed by atoms with E-state index in [1.165, 1.54) is 24.3 Å². The molecule has 0 aliphatic heterocycles. The fourth-order valence-electron chi connectivity index (χ4n) is 3.20. The molecule has 0 unspecified atom stereocenters. The van der Waals surface area contributed by atoms with Crippen LogP contribution in [0.25, 0.3) is 0 Å². The Labute approximate surface area is 220 Å². The van der Waals surface area contributed by atoms with Crippen molar-refractivity contribution in [2.75, 3.05) is 10.6 Å². The number of phenols is 2. The number of hydrogen-bond acceptors (Lipinski definition) is 8. The van der Waals surface area contributed by atoms with Crippen molar-refractivity contribution in [3.63, 3.8) is 0 Å². The summed E-state index contributed by atoms with van der Waals surface area (Å²) in [6.07, 6.45) is 0. The summed E-state index contributed by atoms with van der Waals surface area (Å²) >= 11 is 0. The van der Waals surface area contributed by atoms with Gasteiger partial charge < -0.3 is 20.8 Å². The van der Waals surface area contributed by atoms with Gasteiger partial charge in [0, 0.05) is 35.6 Å². The van der Waals surface area contributed by atoms with E-state index in [0.717, 1.165) is 11.1 Å². The summed E-state index contributed by atoms with van der Waals surface area (Å²) in [7, 11) is -8.32. The lowest BCUT2D eigenvalue weighted by Crippen LogP contribution is -2.01. The predicted molar refractivity (Wildman–Crippen MR) is 143 cm³/mol. The molecule has 4 rings (SSSR count). The summed E-state index contributed by atoms with van der Waals surface area (Å²) in [6.45, 7) is 0.829. The van der Waals surface area contributed by atoms with E-state index in [1.807, 2.05) is 12.1 Å². The number of nitrogens with one attached hydrogen (secondary N) is 2. The molecule has 0 saturated heterocycles. The molecule has 6 N–H and O–H groups in total. The van der Waals surface area contributed by atoms with E-state index in [0.29, 0.717) is 24.5 Å². The third-order valence-electron chi connectivity index (χ3n) is 5.25. The van der Waals surface area contributed by atoms with Gasteiger partial charge in [0.15, 0.2) is 0 Å². The lowest BCUT2D eigenvalue weighted by Gasteiger charge is -2.08. The molecule has 200 valence electrons. The van der Waals surface area contributed by atoms with E-state index in [-0.39, 0.29) is 21.3 Å². The van der Waals surface area contributed by atoms with Crippen LogP contribution in [0.4, 0.5) is 11.4 Å². The zero-order chi connectivity index (χ0) is 27.8. The molecule has 0 spiro atoms. The highest BCUT2D eigenvalue weighted by atomic mass is 32.2. The smallest absolute Gasteiger partial charge is 0.294 e. The fraction of sp³-hybridized carbons (Fsp3) is 0.0769. The van der Waals surface area contributed by atoms with Gasteiger partial charge in [-0.15, -0.1) is 0 Å². The molecule has 4 aromatic rings. The van der Waals surface area contributed by atoms with Crippen molar-refractivity contribution in [2.45, 2.75) is 22.9 Å². The Morgan fingerprint density at radius 3 is 1.11 bits per heavy atom. The maximum absolute atomic E-state index is 10.9. The molecule has 12 heteroatoms. The number of aromatic hydroxyl groups is 2. The third kappa shape index (κ3) is 8.49. The van der Waals surface area contributed by atoms with Crippen molar-refractivity contribution < 1.29 is 36.2 Å². The molecule has 0 atom stereocenters. The second-order valence-corrected chi connectivity index (χ2v) is 10.8. The zero-order valence-corrected chi connectivity index (χ0v) is 21.5. The van der Waals surface area contributed by atoms with Gasteiger partial charge in [0.1, 0.15) is 11.5 Å². The second kappa shape index (κ2) is 12.4. The summed E-state index contributed by atoms with van der Waals surface area (Å²) in [5.41, 5.74) is 2.86. The van der Waals surface area contributed by atoms with Crippen molar-refractivity contribution in [1.82, 2.24) is 0 Å². The Morgan fingerprint density at radius 1 is 0.500 bits per heavy atom. The lowest BCUT2D eigenvalue weighted by molar-refractivity contribution is 0.468. The van der Waals surface area contributed by atoms with Crippen molar-refractivity contribution >= 4 is 31.6 Å². The van der Waals surface area contributed by atoms with Gasteiger partial charge in [-0.3, -0.25) is 9.11 Å². The average molecular weight is 559 g/mol. The number of hydrogen-bond donors (Lipinski definition) is 6. The first-order chi connectivity index (χ1) is 17.9. The Kier molecular flexibility index (Phi) is 9.31. The van der Waals surface area contributed by atoms with Crippen molar-refractivity contribution in [1.29, 1.82) is 0 Å². The van der Waals surface area contributed by atoms with Crippen LogP contribution in [-0.4, -0.2) is 36.2 Å². The van der Waals surface area contributed by atoms with E-state index < -0.39 is 20.2 Å². The molecule has 0 fully saturated rings. The number of para-hydroxylation sites is 2. The van der Waals surface area contributed by atoms with Crippen molar-refractivity contribution in [3.8, 4) is 11.5 Å². The SMILES string of the molecule is O=S(=O)(O)c1ccc(NCc2ccccc2O)cc1.O=S(=O)(O)c1ccc(NCc2ccccc2O)cc1. The molecule has 10 nitrogen and oxygen atoms in total. The summed E-state index contributed by atoms with van der Waals surface area (Å²) < 4.78 is 61.2. The monoisotopic (exact) mass is 558 g/mol. The molecule has 0 aromatic heterocycles. The first kappa shape index (κ1) is 28.5. The van der Waals surface area contributed by atoms with E-state index in [9.17, 15) is 27.0 Å². The summed E-state index contributed by atoms with van der Waals surface area (Å²) in [6, 6.07) is 25.3. The van der Waals surface area contributed by atoms with Crippen LogP contribution in [0.3, 0.4) is 0 Å². The largest absolute Gasteiger partial charge is 0.508 e. The van der Waals surface area contributed by atoms with E-state index >= 15 is 0 Å². The van der Waals surface area contributed by atoms with E-state index in [4.69, 9.17) is 9.11 Å². The number of phenolic OH excluding ortho intramolecular Hbond substituents is 2. The van der Waals surface area contributed by atoms with Crippen LogP contribution in [0.15, 0.2) is 107 Å². The minimum atomic E-state index is -4.16. The van der Waals surface area contributed by atoms with Crippen molar-refractivity contribution in [2.24, 2.45) is 0 Å². The van der Waals surface area contributed by atoms with Crippen LogP contribution in [-0.2, 0) is 33.3 Å². The fourth-order valence-corrected chi connectivity index (χ4v) is 4.16. The molecule has 0 aliphatic carbocycles. The average Bonchev–Trinajstić information content (AvgIpc) is 2.88. The van der Waals surface area contributed by atoms with Crippen LogP contribution in [0, 0.1) is 0 Å². The maximum atomic E-state index is 10.9. The number of benzene rings is 4. The highest BCUT2D eigenvalue weighted by molar-refractivity contribution is 7.86. The first-order valence-corrected chi connectivity index (χ1v) is 14.0. The van der Waals surface area contributed by atoms with Crippen LogP contribution in [0.2, 0.25) is 0 Å². The Hall–Kier alpha value is -4.10. The van der Waals surface area contributed by atoms with Gasteiger partial charge in [-0.2, -0.15) is 16.8 Å². The summed E-state index contributed by atoms with van der Waals surface area (Å²) in [5.74, 6) is 0.397. The highest BCUT2D eigenvalue weighted by Gasteiger charge is 2.09. The first-order valence-electron chi connectivity index (χ1n) is 11.1. The van der Waals surface area contributed by atoms with E-state index in [2.05, 4.69) is 10.6 Å². The van der Waals surface area contributed by atoms with Gasteiger partial charge in [-0.25, -0.2) is 0 Å². The molecule has 0 saturated carbocycles. The van der Waals surface area contributed by atoms with Gasteiger partial charge in [0.05, 0.1) is 9.79 Å². The van der Waals surface area contributed by atoms with Gasteiger partial charge in [-0.1, -0.05) is 36.4 Å². The second-order valence-electron chi connectivity index (χ2n) is 7.96. The quantitative estimate of drug-likeness (QED) is 0.169. The maximum Gasteiger partial charge on any atom is 0.294 e. The predicted octanol–water partition coefficient (Wildman–Crippen LogP) is 4.50. The van der Waals surface area contributed by atoms with Crippen LogP contribution < -0.4 is 10.6 Å². The summed E-state index contributed by atoms with van der Waals surface area (Å²) in [4.78, 5) is -0.304. The van der Waals surface area contributed by atoms with E-state index in [1.54, 1.807) is 60.7 Å². The standard InChI is InChI=1S/2C13H13NO4S/c2*15-13-4-2-1-3-10(13)9-14-11-5-7-12(8-6-11)19(16,17)18/h2*1-8,14-15H,9H2,(H,16,17,18). The zero-order valence-electron chi connectivity index (χ0n) is 19.9. The van der Waals surface area contributed by atoms with Crippen molar-refractivity contribution in [3.05, 3.63) is 108 Å². The number of anilines is 2. The molecule has 0 bridgehead atoms. The molecule has 0 radical (unpaired) electrons. The molecule has 38 heavy (non-hydrogen) atoms. The van der Waals surface area contributed by atoms with Crippen LogP contribution in [0.1, 0.15) is 11.1 Å². The molecular weight excluding hydrogens is 532 g/mol. The normalized spacial score (nSPS) is 11.2. The Morgan fingerprint density at radius 2 is 0.816 bits per heavy atom. The molecule has 0 heterocycles. The van der Waals surface area contributed by atoms with Gasteiger partial charge in [0.25, 0.3) is 20.2 Å². The third-order valence-corrected chi connectivity index (χ3v) is 6.99.